The van der Waals surface area contributed by atoms with Crippen LogP contribution < -0.4 is 10.6 Å². The average molecular weight is 317 g/mol. The Bertz CT molecular complexity index is 716. The number of hydrogen-bond donors (Lipinski definition) is 2. The average Bonchev–Trinajstić information content (AvgIpc) is 2.82. The van der Waals surface area contributed by atoms with Gasteiger partial charge >= 0.3 is 6.09 Å². The Morgan fingerprint density at radius 2 is 1.91 bits per heavy atom. The molecule has 0 aliphatic carbocycles. The second-order valence-corrected chi connectivity index (χ2v) is 5.98. The van der Waals surface area contributed by atoms with Crippen LogP contribution >= 0.6 is 0 Å². The van der Waals surface area contributed by atoms with Crippen molar-refractivity contribution in [2.75, 3.05) is 10.6 Å². The summed E-state index contributed by atoms with van der Waals surface area (Å²) in [6.45, 7) is 7.05. The number of carbonyl (C=O) groups excluding carboxylic acids is 2. The van der Waals surface area contributed by atoms with Crippen molar-refractivity contribution in [1.29, 1.82) is 0 Å². The molecule has 0 aliphatic heterocycles. The number of nitrogens with zero attached hydrogens (tertiary/aromatic N) is 1. The van der Waals surface area contributed by atoms with Crippen LogP contribution in [-0.2, 0) is 4.74 Å². The molecule has 0 saturated heterocycles. The number of anilines is 2. The van der Waals surface area contributed by atoms with Crippen molar-refractivity contribution >= 4 is 23.5 Å². The second kappa shape index (κ2) is 6.51. The van der Waals surface area contributed by atoms with Crippen molar-refractivity contribution in [3.8, 4) is 0 Å². The molecule has 2 N–H and O–H groups in total. The largest absolute Gasteiger partial charge is 0.444 e. The van der Waals surface area contributed by atoms with E-state index in [9.17, 15) is 9.59 Å². The van der Waals surface area contributed by atoms with Gasteiger partial charge in [-0.25, -0.2) is 4.79 Å². The highest BCUT2D eigenvalue weighted by Gasteiger charge is 2.16. The van der Waals surface area contributed by atoms with E-state index in [0.29, 0.717) is 22.8 Å². The molecule has 2 amide bonds. The van der Waals surface area contributed by atoms with E-state index in [0.717, 1.165) is 0 Å². The molecular weight excluding hydrogens is 298 g/mol. The van der Waals surface area contributed by atoms with E-state index in [1.54, 1.807) is 58.0 Å². The van der Waals surface area contributed by atoms with Crippen molar-refractivity contribution in [3.63, 3.8) is 0 Å². The number of benzene rings is 1. The lowest BCUT2D eigenvalue weighted by Crippen LogP contribution is -2.27. The van der Waals surface area contributed by atoms with Crippen molar-refractivity contribution in [2.24, 2.45) is 0 Å². The van der Waals surface area contributed by atoms with E-state index >= 15 is 0 Å². The van der Waals surface area contributed by atoms with Crippen molar-refractivity contribution < 1.29 is 18.8 Å². The van der Waals surface area contributed by atoms with Crippen LogP contribution in [0.2, 0.25) is 0 Å². The molecule has 0 saturated carbocycles. The van der Waals surface area contributed by atoms with Crippen LogP contribution in [0.15, 0.2) is 34.9 Å². The van der Waals surface area contributed by atoms with Gasteiger partial charge in [0.15, 0.2) is 5.82 Å². The van der Waals surface area contributed by atoms with Gasteiger partial charge in [0.1, 0.15) is 11.4 Å². The molecule has 7 nitrogen and oxygen atoms in total. The zero-order valence-electron chi connectivity index (χ0n) is 13.5. The minimum Gasteiger partial charge on any atom is -0.444 e. The summed E-state index contributed by atoms with van der Waals surface area (Å²) in [5.74, 6) is 0.574. The molecule has 1 aromatic carbocycles. The van der Waals surface area contributed by atoms with Gasteiger partial charge in [-0.15, -0.1) is 0 Å². The summed E-state index contributed by atoms with van der Waals surface area (Å²) < 4.78 is 10.1. The molecule has 2 aromatic rings. The normalized spacial score (nSPS) is 11.0. The van der Waals surface area contributed by atoms with Gasteiger partial charge in [0.25, 0.3) is 5.91 Å². The van der Waals surface area contributed by atoms with E-state index < -0.39 is 11.7 Å². The van der Waals surface area contributed by atoms with Gasteiger partial charge in [0.05, 0.1) is 0 Å². The monoisotopic (exact) mass is 317 g/mol. The number of carbonyl (C=O) groups is 2. The number of ether oxygens (including phenoxy) is 1. The van der Waals surface area contributed by atoms with Crippen LogP contribution in [0.25, 0.3) is 0 Å². The first-order valence-corrected chi connectivity index (χ1v) is 7.08. The van der Waals surface area contributed by atoms with Crippen LogP contribution in [0.3, 0.4) is 0 Å². The first-order valence-electron chi connectivity index (χ1n) is 7.08. The molecule has 7 heteroatoms. The van der Waals surface area contributed by atoms with Crippen LogP contribution in [0.4, 0.5) is 16.3 Å². The Morgan fingerprint density at radius 1 is 1.17 bits per heavy atom. The van der Waals surface area contributed by atoms with E-state index in [-0.39, 0.29) is 5.91 Å². The van der Waals surface area contributed by atoms with E-state index in [2.05, 4.69) is 15.8 Å². The maximum absolute atomic E-state index is 12.2. The second-order valence-electron chi connectivity index (χ2n) is 5.98. The molecule has 0 aliphatic rings. The SMILES string of the molecule is Cc1cc(NC(=O)c2cccc(NC(=O)OC(C)(C)C)c2)no1. The van der Waals surface area contributed by atoms with Crippen molar-refractivity contribution in [3.05, 3.63) is 41.7 Å². The highest BCUT2D eigenvalue weighted by atomic mass is 16.6. The highest BCUT2D eigenvalue weighted by molar-refractivity contribution is 6.04. The maximum atomic E-state index is 12.2. The predicted octanol–water partition coefficient (Wildman–Crippen LogP) is 3.58. The minimum atomic E-state index is -0.593. The molecule has 0 fully saturated rings. The Kier molecular flexibility index (Phi) is 4.68. The predicted molar refractivity (Wildman–Crippen MR) is 85.5 cm³/mol. The summed E-state index contributed by atoms with van der Waals surface area (Å²) in [7, 11) is 0. The summed E-state index contributed by atoms with van der Waals surface area (Å²) in [5.41, 5.74) is 0.242. The summed E-state index contributed by atoms with van der Waals surface area (Å²) >= 11 is 0. The molecule has 0 atom stereocenters. The lowest BCUT2D eigenvalue weighted by molar-refractivity contribution is 0.0635. The first-order chi connectivity index (χ1) is 10.7. The molecule has 23 heavy (non-hydrogen) atoms. The van der Waals surface area contributed by atoms with Gasteiger partial charge in [-0.2, -0.15) is 0 Å². The van der Waals surface area contributed by atoms with Crippen LogP contribution in [0, 0.1) is 6.92 Å². The topological polar surface area (TPSA) is 93.5 Å². The Morgan fingerprint density at radius 3 is 2.52 bits per heavy atom. The molecule has 2 rings (SSSR count). The van der Waals surface area contributed by atoms with Crippen LogP contribution in [0.1, 0.15) is 36.9 Å². The Balaban J connectivity index is 2.04. The number of aromatic nitrogens is 1. The van der Waals surface area contributed by atoms with Gasteiger partial charge in [0.2, 0.25) is 0 Å². The van der Waals surface area contributed by atoms with E-state index in [1.165, 1.54) is 0 Å². The number of hydrogen-bond acceptors (Lipinski definition) is 5. The third-order valence-corrected chi connectivity index (χ3v) is 2.64. The fourth-order valence-electron chi connectivity index (χ4n) is 1.77. The van der Waals surface area contributed by atoms with Gasteiger partial charge in [-0.3, -0.25) is 10.1 Å². The van der Waals surface area contributed by atoms with Crippen LogP contribution in [-0.4, -0.2) is 22.8 Å². The molecule has 0 bridgehead atoms. The van der Waals surface area contributed by atoms with Crippen LogP contribution in [0.5, 0.6) is 0 Å². The summed E-state index contributed by atoms with van der Waals surface area (Å²) in [6.07, 6.45) is -0.581. The smallest absolute Gasteiger partial charge is 0.412 e. The van der Waals surface area contributed by atoms with E-state index in [1.807, 2.05) is 0 Å². The minimum absolute atomic E-state index is 0.331. The molecule has 0 unspecified atom stereocenters. The third-order valence-electron chi connectivity index (χ3n) is 2.64. The zero-order chi connectivity index (χ0) is 17.0. The van der Waals surface area contributed by atoms with Gasteiger partial charge in [0, 0.05) is 17.3 Å². The lowest BCUT2D eigenvalue weighted by atomic mass is 10.2. The molecule has 122 valence electrons. The van der Waals surface area contributed by atoms with Gasteiger partial charge in [-0.05, 0) is 45.9 Å². The first kappa shape index (κ1) is 16.5. The maximum Gasteiger partial charge on any atom is 0.412 e. The number of nitrogens with one attached hydrogen (secondary N) is 2. The Hall–Kier alpha value is -2.83. The fourth-order valence-corrected chi connectivity index (χ4v) is 1.77. The summed E-state index contributed by atoms with van der Waals surface area (Å²) in [4.78, 5) is 23.9. The van der Waals surface area contributed by atoms with Crippen molar-refractivity contribution in [2.45, 2.75) is 33.3 Å². The molecule has 0 radical (unpaired) electrons. The van der Waals surface area contributed by atoms with E-state index in [4.69, 9.17) is 9.26 Å². The standard InChI is InChI=1S/C16H19N3O4/c1-10-8-13(19-23-10)18-14(20)11-6-5-7-12(9-11)17-15(21)22-16(2,3)4/h5-9H,1-4H3,(H,17,21)(H,18,19,20). The summed E-state index contributed by atoms with van der Waals surface area (Å²) in [6, 6.07) is 8.12. The molecule has 1 aromatic heterocycles. The number of rotatable bonds is 3. The lowest BCUT2D eigenvalue weighted by Gasteiger charge is -2.19. The fraction of sp³-hybridized carbons (Fsp3) is 0.312. The summed E-state index contributed by atoms with van der Waals surface area (Å²) in [5, 5.41) is 8.89. The third kappa shape index (κ3) is 5.14. The quantitative estimate of drug-likeness (QED) is 0.902. The zero-order valence-corrected chi connectivity index (χ0v) is 13.5. The highest BCUT2D eigenvalue weighted by Crippen LogP contribution is 2.15. The van der Waals surface area contributed by atoms with Gasteiger partial charge < -0.3 is 14.6 Å². The Labute approximate surface area is 134 Å². The molecule has 0 spiro atoms. The van der Waals surface area contributed by atoms with Crippen molar-refractivity contribution in [1.82, 2.24) is 5.16 Å². The van der Waals surface area contributed by atoms with Gasteiger partial charge in [-0.1, -0.05) is 11.2 Å². The molecule has 1 heterocycles. The molecular formula is C16H19N3O4. The number of amides is 2. The number of aryl methyl sites for hydroxylation is 1.